The summed E-state index contributed by atoms with van der Waals surface area (Å²) in [5, 5.41) is 10.2. The molecule has 0 radical (unpaired) electrons. The average molecular weight is 159 g/mol. The van der Waals surface area contributed by atoms with Crippen molar-refractivity contribution in [2.45, 2.75) is 0 Å². The van der Waals surface area contributed by atoms with Gasteiger partial charge in [0.05, 0.1) is 5.75 Å². The summed E-state index contributed by atoms with van der Waals surface area (Å²) in [4.78, 5) is 10.2. The highest BCUT2D eigenvalue weighted by atomic mass is 32.2. The monoisotopic (exact) mass is 159 g/mol. The summed E-state index contributed by atoms with van der Waals surface area (Å²) in [5.41, 5.74) is 4.87. The Bertz CT molecular complexity index is 209. The van der Waals surface area contributed by atoms with Crippen molar-refractivity contribution in [2.24, 2.45) is 5.73 Å². The molecule has 0 unspecified atom stereocenters. The molecule has 1 aromatic heterocycles. The average Bonchev–Trinajstić information content (AvgIpc) is 2.34. The predicted octanol–water partition coefficient (Wildman–Crippen LogP) is -1.35. The molecule has 0 aliphatic carbocycles. The molecule has 1 heterocycles. The number of rotatable bonds is 3. The van der Waals surface area contributed by atoms with Crippen LogP contribution in [0.25, 0.3) is 0 Å². The molecule has 1 rings (SSSR count). The molecule has 54 valence electrons. The van der Waals surface area contributed by atoms with Crippen LogP contribution in [0.3, 0.4) is 0 Å². The van der Waals surface area contributed by atoms with Crippen LogP contribution in [-0.4, -0.2) is 31.3 Å². The number of amides is 1. The van der Waals surface area contributed by atoms with Crippen molar-refractivity contribution in [1.29, 1.82) is 0 Å². The van der Waals surface area contributed by atoms with Gasteiger partial charge in [-0.15, -0.1) is 5.10 Å². The second-order valence-electron chi connectivity index (χ2n) is 1.45. The number of primary amides is 1. The number of hydrogen-bond acceptors (Lipinski definition) is 5. The molecule has 10 heavy (non-hydrogen) atoms. The third-order valence-corrected chi connectivity index (χ3v) is 1.51. The molecular weight excluding hydrogens is 154 g/mol. The van der Waals surface area contributed by atoms with Crippen LogP contribution in [0.15, 0.2) is 6.33 Å². The maximum atomic E-state index is 10.2. The van der Waals surface area contributed by atoms with Crippen molar-refractivity contribution in [3.8, 4) is 0 Å². The van der Waals surface area contributed by atoms with Crippen LogP contribution in [0.4, 0.5) is 0 Å². The van der Waals surface area contributed by atoms with Crippen LogP contribution in [0.1, 0.15) is 0 Å². The summed E-state index contributed by atoms with van der Waals surface area (Å²) in [6, 6.07) is 0. The molecule has 0 spiro atoms. The number of aromatic nitrogens is 4. The zero-order valence-corrected chi connectivity index (χ0v) is 5.78. The largest absolute Gasteiger partial charge is 0.369 e. The molecule has 0 fully saturated rings. The van der Waals surface area contributed by atoms with Crippen molar-refractivity contribution in [1.82, 2.24) is 19.6 Å². The van der Waals surface area contributed by atoms with Gasteiger partial charge in [0, 0.05) is 0 Å². The molecule has 0 saturated carbocycles. The molecule has 0 aliphatic rings. The van der Waals surface area contributed by atoms with E-state index in [1.165, 1.54) is 10.4 Å². The van der Waals surface area contributed by atoms with Crippen LogP contribution in [0.2, 0.25) is 0 Å². The minimum absolute atomic E-state index is 0.186. The summed E-state index contributed by atoms with van der Waals surface area (Å²) in [6.07, 6.45) is 1.40. The zero-order valence-electron chi connectivity index (χ0n) is 4.97. The molecule has 0 atom stereocenters. The van der Waals surface area contributed by atoms with Gasteiger partial charge in [-0.2, -0.15) is 4.09 Å². The third-order valence-electron chi connectivity index (χ3n) is 0.669. The first-order valence-corrected chi connectivity index (χ1v) is 3.38. The van der Waals surface area contributed by atoms with E-state index in [0.29, 0.717) is 0 Å². The quantitative estimate of drug-likeness (QED) is 0.589. The van der Waals surface area contributed by atoms with E-state index in [4.69, 9.17) is 5.73 Å². The van der Waals surface area contributed by atoms with Crippen molar-refractivity contribution < 1.29 is 4.79 Å². The summed E-state index contributed by atoms with van der Waals surface area (Å²) < 4.78 is 1.37. The number of nitrogens with two attached hydrogens (primary N) is 1. The Morgan fingerprint density at radius 3 is 3.10 bits per heavy atom. The van der Waals surface area contributed by atoms with E-state index < -0.39 is 0 Å². The van der Waals surface area contributed by atoms with Gasteiger partial charge in [-0.1, -0.05) is 0 Å². The lowest BCUT2D eigenvalue weighted by Crippen LogP contribution is -2.14. The van der Waals surface area contributed by atoms with Gasteiger partial charge in [0.25, 0.3) is 0 Å². The molecule has 6 nitrogen and oxygen atoms in total. The SMILES string of the molecule is NC(=O)CSn1cnnn1. The fourth-order valence-corrected chi connectivity index (χ4v) is 0.794. The molecule has 1 amide bonds. The van der Waals surface area contributed by atoms with Crippen LogP contribution in [0.5, 0.6) is 0 Å². The smallest absolute Gasteiger partial charge is 0.229 e. The molecule has 0 aliphatic heterocycles. The lowest BCUT2D eigenvalue weighted by molar-refractivity contribution is -0.115. The highest BCUT2D eigenvalue weighted by molar-refractivity contribution is 7.98. The lowest BCUT2D eigenvalue weighted by Gasteiger charge is -1.91. The van der Waals surface area contributed by atoms with Crippen LogP contribution in [0, 0.1) is 0 Å². The van der Waals surface area contributed by atoms with Gasteiger partial charge in [-0.25, -0.2) is 0 Å². The van der Waals surface area contributed by atoms with E-state index in [-0.39, 0.29) is 11.7 Å². The molecule has 2 N–H and O–H groups in total. The Morgan fingerprint density at radius 2 is 2.60 bits per heavy atom. The fourth-order valence-electron chi connectivity index (χ4n) is 0.342. The molecule has 0 saturated heterocycles. The molecule has 1 aromatic rings. The van der Waals surface area contributed by atoms with Crippen molar-refractivity contribution in [3.05, 3.63) is 6.33 Å². The second-order valence-corrected chi connectivity index (χ2v) is 2.37. The topological polar surface area (TPSA) is 86.7 Å². The first-order valence-electron chi connectivity index (χ1n) is 2.43. The van der Waals surface area contributed by atoms with Gasteiger partial charge in [0.15, 0.2) is 6.33 Å². The maximum absolute atomic E-state index is 10.2. The lowest BCUT2D eigenvalue weighted by atomic mass is 10.8. The van der Waals surface area contributed by atoms with Gasteiger partial charge >= 0.3 is 0 Å². The number of carbonyl (C=O) groups is 1. The first kappa shape index (κ1) is 7.00. The maximum Gasteiger partial charge on any atom is 0.229 e. The van der Waals surface area contributed by atoms with E-state index in [2.05, 4.69) is 15.5 Å². The Morgan fingerprint density at radius 1 is 1.80 bits per heavy atom. The van der Waals surface area contributed by atoms with E-state index in [0.717, 1.165) is 11.9 Å². The summed E-state index contributed by atoms with van der Waals surface area (Å²) in [7, 11) is 0. The van der Waals surface area contributed by atoms with Gasteiger partial charge in [-0.3, -0.25) is 4.79 Å². The zero-order chi connectivity index (χ0) is 7.40. The fraction of sp³-hybridized carbons (Fsp3) is 0.333. The number of nitrogens with zero attached hydrogens (tertiary/aromatic N) is 4. The third kappa shape index (κ3) is 2.02. The van der Waals surface area contributed by atoms with Gasteiger partial charge < -0.3 is 5.73 Å². The molecular formula is C3H5N5OS. The van der Waals surface area contributed by atoms with E-state index in [9.17, 15) is 4.79 Å². The number of carbonyl (C=O) groups excluding carboxylic acids is 1. The predicted molar refractivity (Wildman–Crippen MR) is 34.9 cm³/mol. The van der Waals surface area contributed by atoms with E-state index in [1.54, 1.807) is 0 Å². The van der Waals surface area contributed by atoms with Crippen molar-refractivity contribution in [3.63, 3.8) is 0 Å². The molecule has 7 heteroatoms. The summed E-state index contributed by atoms with van der Waals surface area (Å²) in [6.45, 7) is 0. The summed E-state index contributed by atoms with van der Waals surface area (Å²) in [5.74, 6) is -0.203. The standard InChI is InChI=1S/C3H5N5OS/c4-3(9)1-10-8-2-5-6-7-8/h2H,1H2,(H2,4,9). The minimum Gasteiger partial charge on any atom is -0.369 e. The minimum atomic E-state index is -0.388. The first-order chi connectivity index (χ1) is 4.79. The highest BCUT2D eigenvalue weighted by Gasteiger charge is 1.96. The molecule has 0 bridgehead atoms. The highest BCUT2D eigenvalue weighted by Crippen LogP contribution is 1.98. The number of hydrogen-bond donors (Lipinski definition) is 1. The van der Waals surface area contributed by atoms with Gasteiger partial charge in [0.2, 0.25) is 5.91 Å². The van der Waals surface area contributed by atoms with Crippen LogP contribution >= 0.6 is 11.9 Å². The summed E-state index contributed by atoms with van der Waals surface area (Å²) >= 11 is 1.14. The van der Waals surface area contributed by atoms with E-state index in [1.807, 2.05) is 0 Å². The Balaban J connectivity index is 2.35. The van der Waals surface area contributed by atoms with E-state index >= 15 is 0 Å². The van der Waals surface area contributed by atoms with Crippen LogP contribution < -0.4 is 5.73 Å². The Hall–Kier alpha value is -1.11. The van der Waals surface area contributed by atoms with Crippen LogP contribution in [-0.2, 0) is 4.79 Å². The molecule has 0 aromatic carbocycles. The number of tetrazole rings is 1. The van der Waals surface area contributed by atoms with Gasteiger partial charge in [0.1, 0.15) is 0 Å². The Kier molecular flexibility index (Phi) is 2.21. The van der Waals surface area contributed by atoms with Gasteiger partial charge in [-0.05, 0) is 22.4 Å². The Labute approximate surface area is 60.9 Å². The van der Waals surface area contributed by atoms with Crippen molar-refractivity contribution in [2.75, 3.05) is 5.75 Å². The second kappa shape index (κ2) is 3.16. The normalized spacial score (nSPS) is 9.60. The van der Waals surface area contributed by atoms with Crippen molar-refractivity contribution >= 4 is 17.9 Å².